The van der Waals surface area contributed by atoms with Crippen LogP contribution in [0.25, 0.3) is 6.08 Å². The van der Waals surface area contributed by atoms with E-state index in [2.05, 4.69) is 28.1 Å². The monoisotopic (exact) mass is 252 g/mol. The Balaban J connectivity index is 2.45. The highest BCUT2D eigenvalue weighted by Gasteiger charge is 2.13. The topological polar surface area (TPSA) is 9.23 Å². The number of alkyl halides is 1. The van der Waals surface area contributed by atoms with Gasteiger partial charge in [0.2, 0.25) is 0 Å². The van der Waals surface area contributed by atoms with Crippen LogP contribution in [0, 0.1) is 0 Å². The first-order valence-corrected chi connectivity index (χ1v) is 5.88. The Morgan fingerprint density at radius 2 is 2.21 bits per heavy atom. The van der Waals surface area contributed by atoms with Crippen LogP contribution in [-0.2, 0) is 6.42 Å². The van der Waals surface area contributed by atoms with Gasteiger partial charge >= 0.3 is 0 Å². The second-order valence-corrected chi connectivity index (χ2v) is 4.03. The standard InChI is InChI=1S/C12H13BrO/c1-14-12-4-2-3-10-7-9(8-13)5-6-11(10)12/h2-4,7H,5-6,8H2,1H3. The van der Waals surface area contributed by atoms with Crippen molar-refractivity contribution in [2.45, 2.75) is 12.8 Å². The van der Waals surface area contributed by atoms with E-state index in [0.717, 1.165) is 23.9 Å². The van der Waals surface area contributed by atoms with Gasteiger partial charge in [-0.3, -0.25) is 0 Å². The molecule has 0 atom stereocenters. The number of halogens is 1. The molecule has 1 aliphatic rings. The van der Waals surface area contributed by atoms with Crippen LogP contribution in [-0.4, -0.2) is 12.4 Å². The molecule has 0 N–H and O–H groups in total. The predicted octanol–water partition coefficient (Wildman–Crippen LogP) is 3.42. The van der Waals surface area contributed by atoms with Gasteiger partial charge in [-0.15, -0.1) is 0 Å². The summed E-state index contributed by atoms with van der Waals surface area (Å²) in [4.78, 5) is 0. The van der Waals surface area contributed by atoms with Crippen LogP contribution in [0.4, 0.5) is 0 Å². The lowest BCUT2D eigenvalue weighted by Gasteiger charge is -2.17. The maximum Gasteiger partial charge on any atom is 0.122 e. The number of fused-ring (bicyclic) bond motifs is 1. The maximum atomic E-state index is 5.34. The smallest absolute Gasteiger partial charge is 0.122 e. The summed E-state index contributed by atoms with van der Waals surface area (Å²) in [5, 5.41) is 0.976. The Morgan fingerprint density at radius 3 is 2.93 bits per heavy atom. The third kappa shape index (κ3) is 1.71. The number of methoxy groups -OCH3 is 1. The average Bonchev–Trinajstić information content (AvgIpc) is 2.27. The molecule has 0 aliphatic heterocycles. The molecule has 0 saturated carbocycles. The Morgan fingerprint density at radius 1 is 1.36 bits per heavy atom. The van der Waals surface area contributed by atoms with Crippen molar-refractivity contribution >= 4 is 22.0 Å². The zero-order chi connectivity index (χ0) is 9.97. The molecule has 0 amide bonds. The largest absolute Gasteiger partial charge is 0.496 e. The van der Waals surface area contributed by atoms with Gasteiger partial charge in [0.05, 0.1) is 7.11 Å². The van der Waals surface area contributed by atoms with E-state index in [9.17, 15) is 0 Å². The number of allylic oxidation sites excluding steroid dienone is 1. The minimum absolute atomic E-state index is 0.976. The van der Waals surface area contributed by atoms with E-state index in [4.69, 9.17) is 4.74 Å². The molecule has 1 aromatic carbocycles. The number of benzene rings is 1. The summed E-state index contributed by atoms with van der Waals surface area (Å²) in [6, 6.07) is 6.23. The highest BCUT2D eigenvalue weighted by Crippen LogP contribution is 2.31. The second kappa shape index (κ2) is 4.18. The number of rotatable bonds is 2. The minimum Gasteiger partial charge on any atom is -0.496 e. The summed E-state index contributed by atoms with van der Waals surface area (Å²) in [5.41, 5.74) is 4.12. The molecule has 2 heteroatoms. The van der Waals surface area contributed by atoms with Gasteiger partial charge in [0.1, 0.15) is 5.75 Å². The van der Waals surface area contributed by atoms with E-state index in [1.165, 1.54) is 16.7 Å². The van der Waals surface area contributed by atoms with E-state index < -0.39 is 0 Å². The zero-order valence-electron chi connectivity index (χ0n) is 8.22. The molecule has 0 saturated heterocycles. The molecule has 0 heterocycles. The van der Waals surface area contributed by atoms with Crippen LogP contribution in [0.3, 0.4) is 0 Å². The Bertz CT molecular complexity index is 369. The van der Waals surface area contributed by atoms with Crippen LogP contribution in [0.1, 0.15) is 17.5 Å². The van der Waals surface area contributed by atoms with Gasteiger partial charge in [-0.2, -0.15) is 0 Å². The van der Waals surface area contributed by atoms with E-state index in [-0.39, 0.29) is 0 Å². The van der Waals surface area contributed by atoms with Gasteiger partial charge in [0.15, 0.2) is 0 Å². The molecule has 2 rings (SSSR count). The molecule has 1 aromatic rings. The average molecular weight is 253 g/mol. The van der Waals surface area contributed by atoms with E-state index in [1.807, 2.05) is 12.1 Å². The molecule has 0 fully saturated rings. The van der Waals surface area contributed by atoms with Gasteiger partial charge in [0.25, 0.3) is 0 Å². The third-order valence-electron chi connectivity index (χ3n) is 2.62. The quantitative estimate of drug-likeness (QED) is 0.734. The number of ether oxygens (including phenoxy) is 1. The highest BCUT2D eigenvalue weighted by molar-refractivity contribution is 9.09. The second-order valence-electron chi connectivity index (χ2n) is 3.46. The van der Waals surface area contributed by atoms with Crippen molar-refractivity contribution in [3.8, 4) is 5.75 Å². The van der Waals surface area contributed by atoms with Crippen molar-refractivity contribution in [3.05, 3.63) is 34.9 Å². The van der Waals surface area contributed by atoms with Crippen molar-refractivity contribution in [3.63, 3.8) is 0 Å². The zero-order valence-corrected chi connectivity index (χ0v) is 9.80. The van der Waals surface area contributed by atoms with Crippen molar-refractivity contribution in [1.82, 2.24) is 0 Å². The number of hydrogen-bond acceptors (Lipinski definition) is 1. The first-order chi connectivity index (χ1) is 6.85. The molecular weight excluding hydrogens is 240 g/mol. The fourth-order valence-corrected chi connectivity index (χ4v) is 2.30. The normalized spacial score (nSPS) is 14.6. The van der Waals surface area contributed by atoms with Crippen molar-refractivity contribution in [2.75, 3.05) is 12.4 Å². The van der Waals surface area contributed by atoms with Gasteiger partial charge in [0, 0.05) is 10.9 Å². The van der Waals surface area contributed by atoms with Gasteiger partial charge in [-0.25, -0.2) is 0 Å². The fourth-order valence-electron chi connectivity index (χ4n) is 1.86. The Labute approximate surface area is 92.9 Å². The molecule has 1 aliphatic carbocycles. The van der Waals surface area contributed by atoms with Crippen molar-refractivity contribution in [2.24, 2.45) is 0 Å². The summed E-state index contributed by atoms with van der Waals surface area (Å²) in [6.45, 7) is 0. The number of hydrogen-bond donors (Lipinski definition) is 0. The van der Waals surface area contributed by atoms with Crippen LogP contribution >= 0.6 is 15.9 Å². The SMILES string of the molecule is COc1cccc2c1CCC(CBr)=C2. The molecule has 0 unspecified atom stereocenters. The highest BCUT2D eigenvalue weighted by atomic mass is 79.9. The molecule has 14 heavy (non-hydrogen) atoms. The Kier molecular flexibility index (Phi) is 2.92. The van der Waals surface area contributed by atoms with Crippen LogP contribution in [0.15, 0.2) is 23.8 Å². The lowest BCUT2D eigenvalue weighted by atomic mass is 9.92. The maximum absolute atomic E-state index is 5.34. The predicted molar refractivity (Wildman–Crippen MR) is 63.1 cm³/mol. The van der Waals surface area contributed by atoms with Gasteiger partial charge < -0.3 is 4.74 Å². The lowest BCUT2D eigenvalue weighted by molar-refractivity contribution is 0.409. The first-order valence-electron chi connectivity index (χ1n) is 4.76. The molecule has 1 nitrogen and oxygen atoms in total. The third-order valence-corrected chi connectivity index (χ3v) is 3.34. The summed E-state index contributed by atoms with van der Waals surface area (Å²) in [7, 11) is 1.74. The van der Waals surface area contributed by atoms with Crippen molar-refractivity contribution in [1.29, 1.82) is 0 Å². The summed E-state index contributed by atoms with van der Waals surface area (Å²) < 4.78 is 5.34. The lowest BCUT2D eigenvalue weighted by Crippen LogP contribution is -2.02. The van der Waals surface area contributed by atoms with Crippen LogP contribution in [0.5, 0.6) is 5.75 Å². The summed E-state index contributed by atoms with van der Waals surface area (Å²) in [5.74, 6) is 1.02. The van der Waals surface area contributed by atoms with E-state index in [1.54, 1.807) is 7.11 Å². The molecule has 0 radical (unpaired) electrons. The first kappa shape index (κ1) is 9.78. The van der Waals surface area contributed by atoms with Crippen LogP contribution in [0.2, 0.25) is 0 Å². The van der Waals surface area contributed by atoms with Crippen LogP contribution < -0.4 is 4.74 Å². The minimum atomic E-state index is 0.976. The molecule has 0 aromatic heterocycles. The summed E-state index contributed by atoms with van der Waals surface area (Å²) in [6.07, 6.45) is 4.49. The van der Waals surface area contributed by atoms with Gasteiger partial charge in [-0.1, -0.05) is 39.7 Å². The summed E-state index contributed by atoms with van der Waals surface area (Å²) >= 11 is 3.50. The molecular formula is C12H13BrO. The molecule has 74 valence electrons. The molecule has 0 bridgehead atoms. The van der Waals surface area contributed by atoms with E-state index in [0.29, 0.717) is 0 Å². The van der Waals surface area contributed by atoms with E-state index >= 15 is 0 Å². The molecule has 0 spiro atoms. The van der Waals surface area contributed by atoms with Crippen molar-refractivity contribution < 1.29 is 4.74 Å². The fraction of sp³-hybridized carbons (Fsp3) is 0.333. The van der Waals surface area contributed by atoms with Gasteiger partial charge in [-0.05, 0) is 24.5 Å². The Hall–Kier alpha value is -0.760.